The molecule has 0 aromatic heterocycles. The Bertz CT molecular complexity index is 1150. The van der Waals surface area contributed by atoms with Crippen molar-refractivity contribution in [2.75, 3.05) is 4.90 Å². The maximum absolute atomic E-state index is 15.5. The highest BCUT2D eigenvalue weighted by Gasteiger charge is 2.38. The van der Waals surface area contributed by atoms with Gasteiger partial charge >= 0.3 is 6.09 Å². The second-order valence-electron chi connectivity index (χ2n) is 10.3. The zero-order valence-corrected chi connectivity index (χ0v) is 21.1. The lowest BCUT2D eigenvalue weighted by Crippen LogP contribution is -2.43. The maximum atomic E-state index is 15.5. The molecule has 1 fully saturated rings. The van der Waals surface area contributed by atoms with E-state index in [-0.39, 0.29) is 24.2 Å². The van der Waals surface area contributed by atoms with E-state index in [0.717, 1.165) is 16.7 Å². The summed E-state index contributed by atoms with van der Waals surface area (Å²) in [5, 5.41) is 0. The van der Waals surface area contributed by atoms with Crippen molar-refractivity contribution in [1.29, 1.82) is 0 Å². The third-order valence-corrected chi connectivity index (χ3v) is 6.17. The molecule has 1 saturated heterocycles. The molecule has 1 heterocycles. The fourth-order valence-electron chi connectivity index (χ4n) is 4.54. The van der Waals surface area contributed by atoms with Gasteiger partial charge in [0.05, 0.1) is 5.69 Å². The van der Waals surface area contributed by atoms with E-state index in [9.17, 15) is 9.59 Å². The Labute approximate surface area is 212 Å². The molecule has 1 atom stereocenters. The summed E-state index contributed by atoms with van der Waals surface area (Å²) >= 11 is 0. The van der Waals surface area contributed by atoms with Crippen molar-refractivity contribution in [3.63, 3.8) is 0 Å². The average Bonchev–Trinajstić information content (AvgIpc) is 3.19. The Kier molecular flexibility index (Phi) is 7.73. The topological polar surface area (TPSA) is 49.9 Å². The molecule has 0 aliphatic carbocycles. The number of rotatable bonds is 7. The molecule has 2 amide bonds. The fourth-order valence-corrected chi connectivity index (χ4v) is 4.54. The lowest BCUT2D eigenvalue weighted by atomic mass is 10.0. The van der Waals surface area contributed by atoms with E-state index in [4.69, 9.17) is 4.74 Å². The van der Waals surface area contributed by atoms with E-state index in [1.807, 2.05) is 71.6 Å². The highest BCUT2D eigenvalue weighted by atomic mass is 19.1. The molecule has 3 aromatic rings. The first-order valence-corrected chi connectivity index (χ1v) is 12.4. The zero-order valence-electron chi connectivity index (χ0n) is 21.1. The SMILES string of the molecule is CC(C)(C)OC(=O)N1C(=O)CCC1Cc1ccc(N(Cc2ccccc2)Cc2ccccc2)c(F)c1. The Balaban J connectivity index is 1.54. The van der Waals surface area contributed by atoms with Gasteiger partial charge in [-0.15, -0.1) is 0 Å². The summed E-state index contributed by atoms with van der Waals surface area (Å²) < 4.78 is 21.0. The minimum Gasteiger partial charge on any atom is -0.443 e. The summed E-state index contributed by atoms with van der Waals surface area (Å²) in [6, 6.07) is 24.9. The van der Waals surface area contributed by atoms with Gasteiger partial charge in [-0.25, -0.2) is 14.1 Å². The number of carbonyl (C=O) groups is 2. The monoisotopic (exact) mass is 488 g/mol. The van der Waals surface area contributed by atoms with Gasteiger partial charge in [0.25, 0.3) is 0 Å². The highest BCUT2D eigenvalue weighted by molar-refractivity contribution is 5.94. The fraction of sp³-hybridized carbons (Fsp3) is 0.333. The number of benzene rings is 3. The summed E-state index contributed by atoms with van der Waals surface area (Å²) in [6.45, 7) is 6.44. The number of halogens is 1. The van der Waals surface area contributed by atoms with E-state index in [1.54, 1.807) is 26.8 Å². The van der Waals surface area contributed by atoms with Crippen LogP contribution in [0.3, 0.4) is 0 Å². The Morgan fingerprint density at radius 3 is 2.06 bits per heavy atom. The van der Waals surface area contributed by atoms with E-state index in [0.29, 0.717) is 31.6 Å². The normalized spacial score (nSPS) is 15.7. The summed E-state index contributed by atoms with van der Waals surface area (Å²) in [4.78, 5) is 28.3. The minimum atomic E-state index is -0.695. The summed E-state index contributed by atoms with van der Waals surface area (Å²) in [5.74, 6) is -0.573. The molecule has 0 N–H and O–H groups in total. The van der Waals surface area contributed by atoms with Crippen molar-refractivity contribution in [3.8, 4) is 0 Å². The van der Waals surface area contributed by atoms with Crippen molar-refractivity contribution in [2.45, 2.75) is 64.8 Å². The second-order valence-corrected chi connectivity index (χ2v) is 10.3. The smallest absolute Gasteiger partial charge is 0.417 e. The van der Waals surface area contributed by atoms with Crippen LogP contribution in [0.4, 0.5) is 14.9 Å². The molecule has 36 heavy (non-hydrogen) atoms. The molecular weight excluding hydrogens is 455 g/mol. The number of anilines is 1. The van der Waals surface area contributed by atoms with Crippen LogP contribution in [-0.2, 0) is 29.0 Å². The lowest BCUT2D eigenvalue weighted by Gasteiger charge is -2.28. The molecule has 0 saturated carbocycles. The molecule has 6 heteroatoms. The molecule has 0 radical (unpaired) electrons. The number of carbonyl (C=O) groups excluding carboxylic acids is 2. The molecule has 1 unspecified atom stereocenters. The molecule has 1 aliphatic rings. The molecule has 4 rings (SSSR count). The van der Waals surface area contributed by atoms with Gasteiger partial charge in [0.1, 0.15) is 11.4 Å². The van der Waals surface area contributed by atoms with Gasteiger partial charge < -0.3 is 9.64 Å². The second kappa shape index (κ2) is 10.9. The molecular formula is C30H33FN2O3. The van der Waals surface area contributed by atoms with Crippen LogP contribution < -0.4 is 4.90 Å². The van der Waals surface area contributed by atoms with Crippen molar-refractivity contribution < 1.29 is 18.7 Å². The maximum Gasteiger partial charge on any atom is 0.417 e. The summed E-state index contributed by atoms with van der Waals surface area (Å²) in [6.07, 6.45) is 0.575. The Morgan fingerprint density at radius 1 is 0.944 bits per heavy atom. The van der Waals surface area contributed by atoms with Gasteiger partial charge in [0.15, 0.2) is 0 Å². The average molecular weight is 489 g/mol. The number of hydrogen-bond donors (Lipinski definition) is 0. The molecule has 0 bridgehead atoms. The number of ether oxygens (including phenoxy) is 1. The molecule has 188 valence electrons. The summed E-state index contributed by atoms with van der Waals surface area (Å²) in [5.41, 5.74) is 2.74. The van der Waals surface area contributed by atoms with Crippen molar-refractivity contribution in [1.82, 2.24) is 4.90 Å². The van der Waals surface area contributed by atoms with Crippen LogP contribution in [0.5, 0.6) is 0 Å². The molecule has 5 nitrogen and oxygen atoms in total. The predicted octanol–water partition coefficient (Wildman–Crippen LogP) is 6.50. The Hall–Kier alpha value is -3.67. The molecule has 0 spiro atoms. The van der Waals surface area contributed by atoms with Crippen molar-refractivity contribution in [2.24, 2.45) is 0 Å². The van der Waals surface area contributed by atoms with E-state index >= 15 is 4.39 Å². The first-order valence-electron chi connectivity index (χ1n) is 12.4. The largest absolute Gasteiger partial charge is 0.443 e. The standard InChI is InChI=1S/C30H33FN2O3/c1-30(2,3)36-29(35)33-25(15-17-28(33)34)18-24-14-16-27(26(31)19-24)32(20-22-10-6-4-7-11-22)21-23-12-8-5-9-13-23/h4-14,16,19,25H,15,17-18,20-21H2,1-3H3. The number of amides is 2. The van der Waals surface area contributed by atoms with Crippen LogP contribution >= 0.6 is 0 Å². The van der Waals surface area contributed by atoms with Crippen LogP contribution in [0, 0.1) is 5.82 Å². The number of imide groups is 1. The minimum absolute atomic E-state index is 0.247. The van der Waals surface area contributed by atoms with Crippen LogP contribution in [0.1, 0.15) is 50.3 Å². The van der Waals surface area contributed by atoms with Gasteiger partial charge in [-0.05, 0) is 62.4 Å². The van der Waals surface area contributed by atoms with Crippen LogP contribution in [-0.4, -0.2) is 28.5 Å². The number of likely N-dealkylation sites (tertiary alicyclic amines) is 1. The first-order chi connectivity index (χ1) is 17.2. The predicted molar refractivity (Wildman–Crippen MR) is 139 cm³/mol. The van der Waals surface area contributed by atoms with Crippen molar-refractivity contribution in [3.05, 3.63) is 101 Å². The third kappa shape index (κ3) is 6.51. The quantitative estimate of drug-likeness (QED) is 0.381. The number of hydrogen-bond acceptors (Lipinski definition) is 4. The van der Waals surface area contributed by atoms with Gasteiger partial charge in [-0.2, -0.15) is 0 Å². The third-order valence-electron chi connectivity index (χ3n) is 6.17. The molecule has 3 aromatic carbocycles. The van der Waals surface area contributed by atoms with Crippen LogP contribution in [0.2, 0.25) is 0 Å². The van der Waals surface area contributed by atoms with E-state index in [2.05, 4.69) is 0 Å². The van der Waals surface area contributed by atoms with Gasteiger partial charge in [-0.1, -0.05) is 66.7 Å². The van der Waals surface area contributed by atoms with Crippen LogP contribution in [0.25, 0.3) is 0 Å². The summed E-state index contributed by atoms with van der Waals surface area (Å²) in [7, 11) is 0. The highest BCUT2D eigenvalue weighted by Crippen LogP contribution is 2.28. The van der Waals surface area contributed by atoms with Crippen LogP contribution in [0.15, 0.2) is 78.9 Å². The van der Waals surface area contributed by atoms with E-state index in [1.165, 1.54) is 11.0 Å². The van der Waals surface area contributed by atoms with Gasteiger partial charge in [0, 0.05) is 25.6 Å². The zero-order chi connectivity index (χ0) is 25.7. The Morgan fingerprint density at radius 2 is 1.53 bits per heavy atom. The first kappa shape index (κ1) is 25.4. The van der Waals surface area contributed by atoms with Crippen molar-refractivity contribution >= 4 is 17.7 Å². The number of nitrogens with zero attached hydrogens (tertiary/aromatic N) is 2. The molecule has 1 aliphatic heterocycles. The van der Waals surface area contributed by atoms with Gasteiger partial charge in [-0.3, -0.25) is 4.79 Å². The van der Waals surface area contributed by atoms with E-state index < -0.39 is 11.7 Å². The van der Waals surface area contributed by atoms with Gasteiger partial charge in [0.2, 0.25) is 5.91 Å². The lowest BCUT2D eigenvalue weighted by molar-refractivity contribution is -0.128.